The maximum absolute atomic E-state index is 14.1. The van der Waals surface area contributed by atoms with E-state index in [1.165, 1.54) is 6.07 Å². The molecule has 0 fully saturated rings. The molecule has 106 valence electrons. The van der Waals surface area contributed by atoms with Gasteiger partial charge in [-0.25, -0.2) is 4.39 Å². The first-order valence-corrected chi connectivity index (χ1v) is 7.12. The highest BCUT2D eigenvalue weighted by Gasteiger charge is 2.23. The van der Waals surface area contributed by atoms with Gasteiger partial charge in [0.1, 0.15) is 5.82 Å². The summed E-state index contributed by atoms with van der Waals surface area (Å²) in [7, 11) is 0. The van der Waals surface area contributed by atoms with Crippen LogP contribution in [0.4, 0.5) is 4.39 Å². The first-order chi connectivity index (χ1) is 9.74. The monoisotopic (exact) mass is 272 g/mol. The lowest BCUT2D eigenvalue weighted by Gasteiger charge is -2.25. The van der Waals surface area contributed by atoms with Crippen LogP contribution in [0.15, 0.2) is 48.7 Å². The van der Waals surface area contributed by atoms with Gasteiger partial charge in [-0.05, 0) is 31.2 Å². The molecule has 0 aliphatic heterocycles. The number of hydrogen-bond donors (Lipinski definition) is 1. The van der Waals surface area contributed by atoms with Crippen LogP contribution in [0.5, 0.6) is 0 Å². The molecule has 2 nitrogen and oxygen atoms in total. The second kappa shape index (κ2) is 7.15. The zero-order valence-corrected chi connectivity index (χ0v) is 12.0. The maximum Gasteiger partial charge on any atom is 0.128 e. The molecule has 1 N–H and O–H groups in total. The minimum Gasteiger partial charge on any atom is -0.309 e. The number of nitrogens with zero attached hydrogens (tertiary/aromatic N) is 1. The molecule has 3 heteroatoms. The number of hydrogen-bond acceptors (Lipinski definition) is 2. The highest BCUT2D eigenvalue weighted by molar-refractivity contribution is 5.25. The lowest BCUT2D eigenvalue weighted by Crippen LogP contribution is -2.28. The van der Waals surface area contributed by atoms with Gasteiger partial charge in [0.15, 0.2) is 0 Å². The molecule has 1 aromatic heterocycles. The van der Waals surface area contributed by atoms with E-state index in [9.17, 15) is 4.39 Å². The third-order valence-electron chi connectivity index (χ3n) is 3.51. The van der Waals surface area contributed by atoms with Gasteiger partial charge in [-0.1, -0.05) is 38.1 Å². The van der Waals surface area contributed by atoms with E-state index < -0.39 is 0 Å². The molecule has 0 aliphatic rings. The summed E-state index contributed by atoms with van der Waals surface area (Å²) in [4.78, 5) is 4.40. The van der Waals surface area contributed by atoms with Crippen molar-refractivity contribution in [1.82, 2.24) is 10.3 Å². The maximum atomic E-state index is 14.1. The van der Waals surface area contributed by atoms with Crippen LogP contribution in [0.1, 0.15) is 43.5 Å². The van der Waals surface area contributed by atoms with E-state index in [4.69, 9.17) is 0 Å². The zero-order valence-electron chi connectivity index (χ0n) is 12.0. The molecule has 1 aromatic carbocycles. The Kier molecular flexibility index (Phi) is 5.24. The standard InChI is InChI=1S/C17H21FN2/c1-3-11-20-17(14-8-4-5-9-15(14)18)13(2)16-10-6-7-12-19-16/h4-10,12-13,17,20H,3,11H2,1-2H3. The highest BCUT2D eigenvalue weighted by atomic mass is 19.1. The van der Waals surface area contributed by atoms with Gasteiger partial charge in [-0.3, -0.25) is 4.98 Å². The van der Waals surface area contributed by atoms with Crippen molar-refractivity contribution in [2.75, 3.05) is 6.54 Å². The van der Waals surface area contributed by atoms with Crippen LogP contribution in [0.25, 0.3) is 0 Å². The largest absolute Gasteiger partial charge is 0.309 e. The van der Waals surface area contributed by atoms with Crippen molar-refractivity contribution < 1.29 is 4.39 Å². The third kappa shape index (κ3) is 3.42. The zero-order chi connectivity index (χ0) is 14.4. The van der Waals surface area contributed by atoms with Crippen LogP contribution in [-0.2, 0) is 0 Å². The third-order valence-corrected chi connectivity index (χ3v) is 3.51. The molecule has 0 amide bonds. The van der Waals surface area contributed by atoms with E-state index in [1.54, 1.807) is 12.3 Å². The van der Waals surface area contributed by atoms with Crippen molar-refractivity contribution in [2.45, 2.75) is 32.2 Å². The minimum atomic E-state index is -0.163. The summed E-state index contributed by atoms with van der Waals surface area (Å²) in [6.45, 7) is 5.05. The Labute approximate surface area is 120 Å². The van der Waals surface area contributed by atoms with Gasteiger partial charge in [0.05, 0.1) is 0 Å². The van der Waals surface area contributed by atoms with E-state index in [-0.39, 0.29) is 17.8 Å². The lowest BCUT2D eigenvalue weighted by atomic mass is 9.91. The van der Waals surface area contributed by atoms with Gasteiger partial charge in [0, 0.05) is 29.4 Å². The molecule has 2 unspecified atom stereocenters. The first kappa shape index (κ1) is 14.7. The average molecular weight is 272 g/mol. The van der Waals surface area contributed by atoms with Gasteiger partial charge >= 0.3 is 0 Å². The smallest absolute Gasteiger partial charge is 0.128 e. The normalized spacial score (nSPS) is 13.9. The van der Waals surface area contributed by atoms with Crippen LogP contribution >= 0.6 is 0 Å². The van der Waals surface area contributed by atoms with Crippen molar-refractivity contribution >= 4 is 0 Å². The fraction of sp³-hybridized carbons (Fsp3) is 0.353. The Morgan fingerprint density at radius 2 is 1.90 bits per heavy atom. The number of benzene rings is 1. The summed E-state index contributed by atoms with van der Waals surface area (Å²) in [6, 6.07) is 12.8. The van der Waals surface area contributed by atoms with Gasteiger partial charge in [-0.15, -0.1) is 0 Å². The van der Waals surface area contributed by atoms with Gasteiger partial charge in [0.25, 0.3) is 0 Å². The molecule has 1 heterocycles. The van der Waals surface area contributed by atoms with Crippen molar-refractivity contribution in [3.63, 3.8) is 0 Å². The van der Waals surface area contributed by atoms with E-state index in [0.29, 0.717) is 5.56 Å². The number of aromatic nitrogens is 1. The van der Waals surface area contributed by atoms with Crippen molar-refractivity contribution in [2.24, 2.45) is 0 Å². The van der Waals surface area contributed by atoms with Crippen LogP contribution in [0.2, 0.25) is 0 Å². The van der Waals surface area contributed by atoms with Crippen LogP contribution in [0, 0.1) is 5.82 Å². The topological polar surface area (TPSA) is 24.9 Å². The van der Waals surface area contributed by atoms with Crippen LogP contribution < -0.4 is 5.32 Å². The summed E-state index contributed by atoms with van der Waals surface area (Å²) in [5.41, 5.74) is 1.68. The van der Waals surface area contributed by atoms with Crippen molar-refractivity contribution in [3.8, 4) is 0 Å². The SMILES string of the molecule is CCCNC(c1ccccc1F)C(C)c1ccccn1. The summed E-state index contributed by atoms with van der Waals surface area (Å²) < 4.78 is 14.1. The Morgan fingerprint density at radius 3 is 2.55 bits per heavy atom. The number of pyridine rings is 1. The summed E-state index contributed by atoms with van der Waals surface area (Å²) in [5.74, 6) is -0.0523. The lowest BCUT2D eigenvalue weighted by molar-refractivity contribution is 0.440. The van der Waals surface area contributed by atoms with Gasteiger partial charge in [-0.2, -0.15) is 0 Å². The molecular weight excluding hydrogens is 251 g/mol. The second-order valence-electron chi connectivity index (χ2n) is 5.00. The molecule has 2 rings (SSSR count). The molecule has 20 heavy (non-hydrogen) atoms. The molecule has 0 saturated carbocycles. The number of rotatable bonds is 6. The fourth-order valence-corrected chi connectivity index (χ4v) is 2.40. The fourth-order valence-electron chi connectivity index (χ4n) is 2.40. The summed E-state index contributed by atoms with van der Waals surface area (Å²) in [6.07, 6.45) is 2.80. The molecule has 2 aromatic rings. The second-order valence-corrected chi connectivity index (χ2v) is 5.00. The predicted octanol–water partition coefficient (Wildman–Crippen LogP) is 4.07. The van der Waals surface area contributed by atoms with E-state index in [1.807, 2.05) is 30.3 Å². The molecular formula is C17H21FN2. The minimum absolute atomic E-state index is 0.0638. The van der Waals surface area contributed by atoms with Crippen molar-refractivity contribution in [3.05, 3.63) is 65.7 Å². The molecule has 0 bridgehead atoms. The highest BCUT2D eigenvalue weighted by Crippen LogP contribution is 2.30. The molecule has 0 radical (unpaired) electrons. The summed E-state index contributed by atoms with van der Waals surface area (Å²) >= 11 is 0. The van der Waals surface area contributed by atoms with Crippen LogP contribution in [-0.4, -0.2) is 11.5 Å². The van der Waals surface area contributed by atoms with Crippen molar-refractivity contribution in [1.29, 1.82) is 0 Å². The molecule has 0 spiro atoms. The molecule has 0 saturated heterocycles. The van der Waals surface area contributed by atoms with E-state index in [0.717, 1.165) is 18.7 Å². The number of halogens is 1. The van der Waals surface area contributed by atoms with E-state index in [2.05, 4.69) is 24.1 Å². The Morgan fingerprint density at radius 1 is 1.15 bits per heavy atom. The Bertz CT molecular complexity index is 528. The Hall–Kier alpha value is -1.74. The average Bonchev–Trinajstić information content (AvgIpc) is 2.50. The number of nitrogens with one attached hydrogen (secondary N) is 1. The molecule has 0 aliphatic carbocycles. The Balaban J connectivity index is 2.30. The predicted molar refractivity (Wildman–Crippen MR) is 80.1 cm³/mol. The molecule has 2 atom stereocenters. The first-order valence-electron chi connectivity index (χ1n) is 7.12. The van der Waals surface area contributed by atoms with Gasteiger partial charge in [0.2, 0.25) is 0 Å². The van der Waals surface area contributed by atoms with Gasteiger partial charge < -0.3 is 5.32 Å². The quantitative estimate of drug-likeness (QED) is 0.857. The van der Waals surface area contributed by atoms with E-state index >= 15 is 0 Å². The van der Waals surface area contributed by atoms with Crippen LogP contribution in [0.3, 0.4) is 0 Å². The summed E-state index contributed by atoms with van der Waals surface area (Å²) in [5, 5.41) is 3.44.